The van der Waals surface area contributed by atoms with Crippen molar-refractivity contribution in [2.24, 2.45) is 12.0 Å². The molecule has 3 aliphatic heterocycles. The van der Waals surface area contributed by atoms with Gasteiger partial charge in [0.15, 0.2) is 6.17 Å². The Labute approximate surface area is 181 Å². The van der Waals surface area contributed by atoms with Crippen molar-refractivity contribution in [1.29, 1.82) is 0 Å². The van der Waals surface area contributed by atoms with Crippen LogP contribution >= 0.6 is 0 Å². The van der Waals surface area contributed by atoms with Gasteiger partial charge in [-0.15, -0.1) is 0 Å². The summed E-state index contributed by atoms with van der Waals surface area (Å²) in [4.78, 5) is 26.3. The van der Waals surface area contributed by atoms with E-state index in [-0.39, 0.29) is 11.1 Å². The fourth-order valence-electron chi connectivity index (χ4n) is 5.07. The number of allylic oxidation sites excluding steroid dienone is 3. The Morgan fingerprint density at radius 3 is 2.84 bits per heavy atom. The highest BCUT2D eigenvalue weighted by molar-refractivity contribution is 5.79. The lowest BCUT2D eigenvalue weighted by Gasteiger charge is -2.48. The normalized spacial score (nSPS) is 25.9. The first kappa shape index (κ1) is 19.9. The number of aromatic nitrogens is 2. The Bertz CT molecular complexity index is 1120. The van der Waals surface area contributed by atoms with Gasteiger partial charge in [-0.2, -0.15) is 0 Å². The molecule has 0 radical (unpaired) electrons. The number of anilines is 1. The van der Waals surface area contributed by atoms with Gasteiger partial charge in [-0.05, 0) is 37.1 Å². The number of rotatable bonds is 3. The molecule has 4 heterocycles. The maximum Gasteiger partial charge on any atom is 0.255 e. The summed E-state index contributed by atoms with van der Waals surface area (Å²) in [7, 11) is 1.75. The van der Waals surface area contributed by atoms with E-state index in [1.54, 1.807) is 17.7 Å². The molecule has 2 fully saturated rings. The third-order valence-corrected chi connectivity index (χ3v) is 6.62. The minimum atomic E-state index is -1.30. The van der Waals surface area contributed by atoms with Crippen LogP contribution in [0.25, 0.3) is 5.57 Å². The van der Waals surface area contributed by atoms with Crippen LogP contribution in [0.5, 0.6) is 0 Å². The summed E-state index contributed by atoms with van der Waals surface area (Å²) in [5.41, 5.74) is 2.13. The smallest absolute Gasteiger partial charge is 0.255 e. The first-order chi connectivity index (χ1) is 15.1. The van der Waals surface area contributed by atoms with Crippen LogP contribution in [-0.4, -0.2) is 53.0 Å². The van der Waals surface area contributed by atoms with Gasteiger partial charge in [-0.1, -0.05) is 30.3 Å². The Balaban J connectivity index is 1.55. The van der Waals surface area contributed by atoms with Crippen LogP contribution in [0.2, 0.25) is 0 Å². The molecule has 3 aliphatic rings. The lowest BCUT2D eigenvalue weighted by atomic mass is 9.85. The second-order valence-electron chi connectivity index (χ2n) is 8.43. The van der Waals surface area contributed by atoms with Crippen molar-refractivity contribution in [2.45, 2.75) is 24.6 Å². The molecule has 7 heteroatoms. The molecule has 1 aromatic carbocycles. The van der Waals surface area contributed by atoms with Crippen LogP contribution in [0.4, 0.5) is 10.3 Å². The molecule has 0 aliphatic carbocycles. The van der Waals surface area contributed by atoms with Crippen LogP contribution in [-0.2, 0) is 12.6 Å². The highest BCUT2D eigenvalue weighted by Crippen LogP contribution is 2.42. The number of alkyl halides is 1. The summed E-state index contributed by atoms with van der Waals surface area (Å²) in [5, 5.41) is 0. The van der Waals surface area contributed by atoms with Crippen LogP contribution in [0, 0.1) is 0 Å². The van der Waals surface area contributed by atoms with Crippen molar-refractivity contribution in [2.75, 3.05) is 31.1 Å². The summed E-state index contributed by atoms with van der Waals surface area (Å²) in [6, 6.07) is 12.1. The summed E-state index contributed by atoms with van der Waals surface area (Å²) >= 11 is 0. The van der Waals surface area contributed by atoms with Gasteiger partial charge >= 0.3 is 0 Å². The third kappa shape index (κ3) is 3.53. The average Bonchev–Trinajstić information content (AvgIpc) is 3.10. The highest BCUT2D eigenvalue weighted by atomic mass is 19.1. The van der Waals surface area contributed by atoms with Crippen molar-refractivity contribution < 1.29 is 4.39 Å². The van der Waals surface area contributed by atoms with E-state index in [1.807, 2.05) is 6.07 Å². The Kier molecular flexibility index (Phi) is 5.06. The van der Waals surface area contributed by atoms with Gasteiger partial charge in [0.1, 0.15) is 0 Å². The standard InChI is InChI=1S/C24H26FN5O/c1-28-22(31)15-21(18-8-10-26-16-20(25)14-18)27-23(28)29-12-13-30-11-5-9-24(30,17-29)19-6-3-2-4-7-19/h2-4,6-8,10,14-16,20H,5,9,11-13,17H2,1H3. The second-order valence-corrected chi connectivity index (χ2v) is 8.43. The molecule has 0 spiro atoms. The first-order valence-corrected chi connectivity index (χ1v) is 10.8. The molecule has 5 rings (SSSR count). The molecule has 0 bridgehead atoms. The lowest BCUT2D eigenvalue weighted by Crippen LogP contribution is -2.58. The molecule has 0 N–H and O–H groups in total. The third-order valence-electron chi connectivity index (χ3n) is 6.62. The molecule has 2 aromatic rings. The van der Waals surface area contributed by atoms with Crippen LogP contribution in [0.15, 0.2) is 64.5 Å². The molecule has 2 atom stereocenters. The minimum absolute atomic E-state index is 0.0768. The van der Waals surface area contributed by atoms with E-state index in [0.29, 0.717) is 17.2 Å². The summed E-state index contributed by atoms with van der Waals surface area (Å²) < 4.78 is 15.6. The van der Waals surface area contributed by atoms with Gasteiger partial charge in [0, 0.05) is 50.7 Å². The zero-order chi connectivity index (χ0) is 21.4. The number of benzene rings is 1. The zero-order valence-electron chi connectivity index (χ0n) is 17.6. The number of aliphatic imine (C=N–C) groups is 1. The molecule has 2 saturated heterocycles. The minimum Gasteiger partial charge on any atom is -0.339 e. The van der Waals surface area contributed by atoms with Crippen molar-refractivity contribution in [1.82, 2.24) is 14.5 Å². The van der Waals surface area contributed by atoms with Crippen molar-refractivity contribution in [3.05, 3.63) is 76.4 Å². The van der Waals surface area contributed by atoms with Gasteiger partial charge in [0.05, 0.1) is 11.2 Å². The fraction of sp³-hybridized carbons (Fsp3) is 0.375. The van der Waals surface area contributed by atoms with Crippen molar-refractivity contribution >= 4 is 17.7 Å². The maximum absolute atomic E-state index is 14.0. The number of hydrogen-bond donors (Lipinski definition) is 0. The molecule has 1 aromatic heterocycles. The Morgan fingerprint density at radius 1 is 1.16 bits per heavy atom. The monoisotopic (exact) mass is 419 g/mol. The van der Waals surface area contributed by atoms with Crippen LogP contribution in [0.3, 0.4) is 0 Å². The van der Waals surface area contributed by atoms with E-state index in [0.717, 1.165) is 39.0 Å². The van der Waals surface area contributed by atoms with E-state index in [1.165, 1.54) is 30.1 Å². The Morgan fingerprint density at radius 2 is 2.00 bits per heavy atom. The highest BCUT2D eigenvalue weighted by Gasteiger charge is 2.46. The lowest BCUT2D eigenvalue weighted by molar-refractivity contribution is 0.118. The summed E-state index contributed by atoms with van der Waals surface area (Å²) in [6.07, 6.45) is 6.84. The van der Waals surface area contributed by atoms with E-state index < -0.39 is 6.17 Å². The van der Waals surface area contributed by atoms with Crippen molar-refractivity contribution in [3.8, 4) is 0 Å². The fourth-order valence-corrected chi connectivity index (χ4v) is 5.07. The quantitative estimate of drug-likeness (QED) is 0.768. The van der Waals surface area contributed by atoms with E-state index in [2.05, 4.69) is 39.1 Å². The van der Waals surface area contributed by atoms with Gasteiger partial charge in [0.2, 0.25) is 5.95 Å². The predicted molar refractivity (Wildman–Crippen MR) is 121 cm³/mol. The van der Waals surface area contributed by atoms with Gasteiger partial charge in [0.25, 0.3) is 5.56 Å². The number of hydrogen-bond acceptors (Lipinski definition) is 5. The van der Waals surface area contributed by atoms with Crippen molar-refractivity contribution in [3.63, 3.8) is 0 Å². The molecule has 31 heavy (non-hydrogen) atoms. The molecule has 6 nitrogen and oxygen atoms in total. The molecule has 0 amide bonds. The van der Waals surface area contributed by atoms with Crippen LogP contribution < -0.4 is 10.5 Å². The van der Waals surface area contributed by atoms with E-state index in [9.17, 15) is 9.18 Å². The summed E-state index contributed by atoms with van der Waals surface area (Å²) in [5.74, 6) is 0.624. The molecule has 160 valence electrons. The summed E-state index contributed by atoms with van der Waals surface area (Å²) in [6.45, 7) is 3.56. The SMILES string of the molecule is Cn1c(N2CCN3CCCC3(c3ccccc3)C2)nc(C2=CC(F)C=NC=C2)cc1=O. The number of nitrogens with zero attached hydrogens (tertiary/aromatic N) is 5. The van der Waals surface area contributed by atoms with Gasteiger partial charge in [-0.25, -0.2) is 9.37 Å². The molecule has 2 unspecified atom stereocenters. The number of fused-ring (bicyclic) bond motifs is 1. The molecular formula is C24H26FN5O. The Hall–Kier alpha value is -3.06. The first-order valence-electron chi connectivity index (χ1n) is 10.8. The second kappa shape index (κ2) is 7.89. The molecule has 0 saturated carbocycles. The van der Waals surface area contributed by atoms with E-state index in [4.69, 9.17) is 4.98 Å². The largest absolute Gasteiger partial charge is 0.339 e. The zero-order valence-corrected chi connectivity index (χ0v) is 17.6. The number of piperazine rings is 1. The average molecular weight is 420 g/mol. The topological polar surface area (TPSA) is 53.7 Å². The molecular weight excluding hydrogens is 393 g/mol. The van der Waals surface area contributed by atoms with Crippen LogP contribution in [0.1, 0.15) is 24.1 Å². The maximum atomic E-state index is 14.0. The number of halogens is 1. The van der Waals surface area contributed by atoms with Gasteiger partial charge in [-0.3, -0.25) is 19.3 Å². The predicted octanol–water partition coefficient (Wildman–Crippen LogP) is 2.91. The van der Waals surface area contributed by atoms with E-state index >= 15 is 0 Å². The van der Waals surface area contributed by atoms with Gasteiger partial charge < -0.3 is 4.90 Å².